The molecule has 0 aliphatic heterocycles. The molecule has 6 heteroatoms. The highest BCUT2D eigenvalue weighted by Gasteiger charge is 2.57. The largest absolute Gasteiger partial charge is 0.477 e. The van der Waals surface area contributed by atoms with Crippen molar-refractivity contribution in [2.45, 2.75) is 18.4 Å². The predicted molar refractivity (Wildman–Crippen MR) is 53.6 cm³/mol. The molecule has 0 radical (unpaired) electrons. The summed E-state index contributed by atoms with van der Waals surface area (Å²) in [5.41, 5.74) is -3.19. The summed E-state index contributed by atoms with van der Waals surface area (Å²) in [4.78, 5) is 10.4. The van der Waals surface area contributed by atoms with Gasteiger partial charge in [0.1, 0.15) is 0 Å². The number of halogens is 3. The molecule has 1 unspecified atom stereocenters. The molecule has 2 N–H and O–H groups in total. The number of carbonyl (C=O) groups is 1. The van der Waals surface area contributed by atoms with Gasteiger partial charge in [-0.25, -0.2) is 4.79 Å². The number of carboxylic acid groups (broad SMARTS) is 1. The van der Waals surface area contributed by atoms with E-state index in [2.05, 4.69) is 0 Å². The zero-order valence-corrected chi connectivity index (χ0v) is 9.00. The number of benzene rings is 1. The Morgan fingerprint density at radius 2 is 1.88 bits per heavy atom. The summed E-state index contributed by atoms with van der Waals surface area (Å²) in [5.74, 6) is -6.73. The molecule has 0 saturated carbocycles. The van der Waals surface area contributed by atoms with Crippen LogP contribution in [0.5, 0.6) is 0 Å². The molecular formula is C10H9ClF2O3. The average molecular weight is 251 g/mol. The molecule has 0 aliphatic rings. The first-order valence-corrected chi connectivity index (χ1v) is 4.67. The topological polar surface area (TPSA) is 57.5 Å². The van der Waals surface area contributed by atoms with Gasteiger partial charge in [-0.1, -0.05) is 29.8 Å². The minimum Gasteiger partial charge on any atom is -0.477 e. The van der Waals surface area contributed by atoms with Crippen LogP contribution in [0.1, 0.15) is 12.5 Å². The summed E-state index contributed by atoms with van der Waals surface area (Å²) in [6, 6.07) is 5.32. The lowest BCUT2D eigenvalue weighted by molar-refractivity contribution is -0.207. The molecule has 1 rings (SSSR count). The summed E-state index contributed by atoms with van der Waals surface area (Å²) in [5, 5.41) is 17.9. The second-order valence-electron chi connectivity index (χ2n) is 3.43. The lowest BCUT2D eigenvalue weighted by Gasteiger charge is -2.30. The number of aliphatic hydroxyl groups is 1. The quantitative estimate of drug-likeness (QED) is 0.865. The van der Waals surface area contributed by atoms with Gasteiger partial charge in [0, 0.05) is 10.6 Å². The van der Waals surface area contributed by atoms with Crippen LogP contribution in [0.15, 0.2) is 24.3 Å². The highest BCUT2D eigenvalue weighted by atomic mass is 35.5. The monoisotopic (exact) mass is 250 g/mol. The molecule has 0 bridgehead atoms. The minimum atomic E-state index is -4.32. The van der Waals surface area contributed by atoms with E-state index in [1.54, 1.807) is 0 Å². The summed E-state index contributed by atoms with van der Waals surface area (Å²) in [6.07, 6.45) is 0. The highest BCUT2D eigenvalue weighted by molar-refractivity contribution is 6.31. The van der Waals surface area contributed by atoms with E-state index in [0.29, 0.717) is 6.92 Å². The molecule has 0 spiro atoms. The van der Waals surface area contributed by atoms with Gasteiger partial charge in [-0.3, -0.25) is 0 Å². The smallest absolute Gasteiger partial charge is 0.378 e. The van der Waals surface area contributed by atoms with Crippen molar-refractivity contribution in [3.63, 3.8) is 0 Å². The lowest BCUT2D eigenvalue weighted by Crippen LogP contribution is -2.49. The highest BCUT2D eigenvalue weighted by Crippen LogP contribution is 2.40. The minimum absolute atomic E-state index is 0.117. The first kappa shape index (κ1) is 12.9. The molecular weight excluding hydrogens is 242 g/mol. The summed E-state index contributed by atoms with van der Waals surface area (Å²) < 4.78 is 26.6. The van der Waals surface area contributed by atoms with Gasteiger partial charge in [0.15, 0.2) is 5.60 Å². The van der Waals surface area contributed by atoms with E-state index < -0.39 is 17.5 Å². The maximum absolute atomic E-state index is 13.3. The van der Waals surface area contributed by atoms with Crippen LogP contribution in [0.2, 0.25) is 5.02 Å². The van der Waals surface area contributed by atoms with Gasteiger partial charge in [-0.15, -0.1) is 0 Å². The summed E-state index contributed by atoms with van der Waals surface area (Å²) in [6.45, 7) is 0.711. The number of carboxylic acids is 1. The standard InChI is InChI=1S/C10H9ClF2O3/c1-9(16,10(12,13)8(14)15)6-4-2-3-5-7(6)11/h2-5,16H,1H3,(H,14,15). The number of aliphatic carboxylic acids is 1. The van der Waals surface area contributed by atoms with Crippen LogP contribution in [-0.2, 0) is 10.4 Å². The Balaban J connectivity index is 3.32. The predicted octanol–water partition coefficient (Wildman–Crippen LogP) is 2.27. The van der Waals surface area contributed by atoms with E-state index in [1.807, 2.05) is 0 Å². The van der Waals surface area contributed by atoms with Crippen molar-refractivity contribution >= 4 is 17.6 Å². The zero-order chi connectivity index (χ0) is 12.6. The molecule has 16 heavy (non-hydrogen) atoms. The Hall–Kier alpha value is -1.20. The fourth-order valence-electron chi connectivity index (χ4n) is 1.23. The third kappa shape index (κ3) is 1.88. The molecule has 0 aliphatic carbocycles. The van der Waals surface area contributed by atoms with Crippen LogP contribution in [-0.4, -0.2) is 22.1 Å². The Labute approximate surface area is 95.3 Å². The van der Waals surface area contributed by atoms with Crippen molar-refractivity contribution in [3.8, 4) is 0 Å². The van der Waals surface area contributed by atoms with Crippen LogP contribution >= 0.6 is 11.6 Å². The first-order valence-electron chi connectivity index (χ1n) is 4.30. The second kappa shape index (κ2) is 3.99. The van der Waals surface area contributed by atoms with Crippen LogP contribution in [0.3, 0.4) is 0 Å². The molecule has 0 amide bonds. The van der Waals surface area contributed by atoms with Crippen molar-refractivity contribution in [3.05, 3.63) is 34.9 Å². The van der Waals surface area contributed by atoms with E-state index in [-0.39, 0.29) is 10.6 Å². The molecule has 0 fully saturated rings. The van der Waals surface area contributed by atoms with Gasteiger partial charge in [0.05, 0.1) is 0 Å². The number of rotatable bonds is 3. The van der Waals surface area contributed by atoms with E-state index in [1.165, 1.54) is 18.2 Å². The van der Waals surface area contributed by atoms with E-state index in [9.17, 15) is 18.7 Å². The fraction of sp³-hybridized carbons (Fsp3) is 0.300. The van der Waals surface area contributed by atoms with Crippen molar-refractivity contribution in [2.75, 3.05) is 0 Å². The van der Waals surface area contributed by atoms with Gasteiger partial charge in [-0.2, -0.15) is 8.78 Å². The molecule has 0 heterocycles. The summed E-state index contributed by atoms with van der Waals surface area (Å²) >= 11 is 5.63. The molecule has 0 saturated heterocycles. The molecule has 1 aromatic rings. The summed E-state index contributed by atoms with van der Waals surface area (Å²) in [7, 11) is 0. The first-order chi connectivity index (χ1) is 7.21. The van der Waals surface area contributed by atoms with Crippen LogP contribution in [0.4, 0.5) is 8.78 Å². The van der Waals surface area contributed by atoms with Gasteiger partial charge >= 0.3 is 11.9 Å². The van der Waals surface area contributed by atoms with Crippen molar-refractivity contribution in [1.82, 2.24) is 0 Å². The molecule has 88 valence electrons. The van der Waals surface area contributed by atoms with Gasteiger partial charge < -0.3 is 10.2 Å². The number of hydrogen-bond acceptors (Lipinski definition) is 2. The van der Waals surface area contributed by atoms with Crippen LogP contribution in [0, 0.1) is 0 Å². The Kier molecular flexibility index (Phi) is 3.21. The van der Waals surface area contributed by atoms with Crippen molar-refractivity contribution in [1.29, 1.82) is 0 Å². The van der Waals surface area contributed by atoms with E-state index >= 15 is 0 Å². The lowest BCUT2D eigenvalue weighted by atomic mass is 9.89. The third-order valence-corrected chi connectivity index (χ3v) is 2.61. The van der Waals surface area contributed by atoms with Gasteiger partial charge in [0.2, 0.25) is 0 Å². The zero-order valence-electron chi connectivity index (χ0n) is 8.25. The number of alkyl halides is 2. The van der Waals surface area contributed by atoms with E-state index in [4.69, 9.17) is 16.7 Å². The maximum atomic E-state index is 13.3. The maximum Gasteiger partial charge on any atom is 0.378 e. The van der Waals surface area contributed by atoms with Crippen molar-refractivity contribution in [2.24, 2.45) is 0 Å². The molecule has 1 aromatic carbocycles. The van der Waals surface area contributed by atoms with E-state index in [0.717, 1.165) is 6.07 Å². The fourth-order valence-corrected chi connectivity index (χ4v) is 1.55. The molecule has 1 atom stereocenters. The second-order valence-corrected chi connectivity index (χ2v) is 3.84. The van der Waals surface area contributed by atoms with Crippen LogP contribution < -0.4 is 0 Å². The normalized spacial score (nSPS) is 15.6. The Morgan fingerprint density at radius 3 is 2.31 bits per heavy atom. The third-order valence-electron chi connectivity index (χ3n) is 2.28. The average Bonchev–Trinajstić information content (AvgIpc) is 2.17. The SMILES string of the molecule is CC(O)(c1ccccc1Cl)C(F)(F)C(=O)O. The Morgan fingerprint density at radius 1 is 1.38 bits per heavy atom. The number of hydrogen-bond donors (Lipinski definition) is 2. The Bertz CT molecular complexity index is 418. The molecule has 3 nitrogen and oxygen atoms in total. The van der Waals surface area contributed by atoms with Crippen LogP contribution in [0.25, 0.3) is 0 Å². The van der Waals surface area contributed by atoms with Crippen molar-refractivity contribution < 1.29 is 23.8 Å². The van der Waals surface area contributed by atoms with Gasteiger partial charge in [0.25, 0.3) is 0 Å². The molecule has 0 aromatic heterocycles. The van der Waals surface area contributed by atoms with Gasteiger partial charge in [-0.05, 0) is 13.0 Å².